The maximum Gasteiger partial charge on any atom is 0.162 e. The number of aromatic nitrogens is 2. The highest BCUT2D eigenvalue weighted by Gasteiger charge is 2.16. The van der Waals surface area contributed by atoms with Gasteiger partial charge in [0.2, 0.25) is 0 Å². The van der Waals surface area contributed by atoms with Crippen molar-refractivity contribution in [1.82, 2.24) is 9.66 Å². The lowest BCUT2D eigenvalue weighted by molar-refractivity contribution is 0.267. The Bertz CT molecular complexity index is 588. The molecular weight excluding hydrogens is 208 g/mol. The maximum atomic E-state index is 5.80. The molecule has 0 amide bonds. The van der Waals surface area contributed by atoms with E-state index in [-0.39, 0.29) is 0 Å². The highest BCUT2D eigenvalue weighted by atomic mass is 16.7. The van der Waals surface area contributed by atoms with E-state index in [1.54, 1.807) is 18.0 Å². The SMILES string of the molecule is COc1cnc2c(c1)cc1n2NOC=C1N. The molecule has 6 nitrogen and oxygen atoms in total. The monoisotopic (exact) mass is 218 g/mol. The van der Waals surface area contributed by atoms with Crippen molar-refractivity contribution in [2.45, 2.75) is 0 Å². The van der Waals surface area contributed by atoms with Crippen LogP contribution in [0.2, 0.25) is 0 Å². The summed E-state index contributed by atoms with van der Waals surface area (Å²) in [5, 5.41) is 0.934. The predicted molar refractivity (Wildman–Crippen MR) is 58.9 cm³/mol. The maximum absolute atomic E-state index is 5.80. The van der Waals surface area contributed by atoms with E-state index in [1.165, 1.54) is 6.26 Å². The molecule has 0 aromatic carbocycles. The van der Waals surface area contributed by atoms with Crippen molar-refractivity contribution < 1.29 is 9.57 Å². The van der Waals surface area contributed by atoms with Gasteiger partial charge in [-0.05, 0) is 12.1 Å². The standard InChI is InChI=1S/C10H10N4O2/c1-15-7-2-6-3-9-8(11)5-16-13-14(9)10(6)12-4-7/h2-5,13H,11H2,1H3. The molecule has 0 saturated heterocycles. The van der Waals surface area contributed by atoms with Gasteiger partial charge in [-0.15, -0.1) is 0 Å². The second-order valence-electron chi connectivity index (χ2n) is 3.44. The van der Waals surface area contributed by atoms with Crippen molar-refractivity contribution in [2.24, 2.45) is 5.73 Å². The van der Waals surface area contributed by atoms with E-state index >= 15 is 0 Å². The zero-order chi connectivity index (χ0) is 11.1. The van der Waals surface area contributed by atoms with Crippen LogP contribution in [0, 0.1) is 0 Å². The Hall–Kier alpha value is -2.37. The number of hydrogen-bond donors (Lipinski definition) is 2. The summed E-state index contributed by atoms with van der Waals surface area (Å²) in [6.45, 7) is 0. The van der Waals surface area contributed by atoms with Crippen LogP contribution in [0.3, 0.4) is 0 Å². The van der Waals surface area contributed by atoms with E-state index in [4.69, 9.17) is 15.3 Å². The van der Waals surface area contributed by atoms with Gasteiger partial charge in [0.1, 0.15) is 12.0 Å². The molecule has 0 saturated carbocycles. The highest BCUT2D eigenvalue weighted by Crippen LogP contribution is 2.25. The van der Waals surface area contributed by atoms with Crippen molar-refractivity contribution in [1.29, 1.82) is 0 Å². The van der Waals surface area contributed by atoms with Crippen LogP contribution in [0.1, 0.15) is 5.69 Å². The number of nitrogens with two attached hydrogens (primary N) is 1. The van der Waals surface area contributed by atoms with Gasteiger partial charge in [-0.1, -0.05) is 0 Å². The first kappa shape index (κ1) is 8.90. The molecule has 2 aromatic rings. The van der Waals surface area contributed by atoms with Gasteiger partial charge in [-0.2, -0.15) is 5.59 Å². The lowest BCUT2D eigenvalue weighted by atomic mass is 10.3. The van der Waals surface area contributed by atoms with Crippen LogP contribution >= 0.6 is 0 Å². The van der Waals surface area contributed by atoms with Crippen LogP contribution in [0.25, 0.3) is 16.7 Å². The van der Waals surface area contributed by atoms with Crippen molar-refractivity contribution in [2.75, 3.05) is 12.7 Å². The summed E-state index contributed by atoms with van der Waals surface area (Å²) in [5.41, 5.74) is 10.6. The minimum absolute atomic E-state index is 0.552. The van der Waals surface area contributed by atoms with Crippen LogP contribution in [0.5, 0.6) is 5.75 Å². The molecule has 2 aromatic heterocycles. The third kappa shape index (κ3) is 1.10. The molecule has 3 rings (SSSR count). The molecule has 0 spiro atoms. The zero-order valence-electron chi connectivity index (χ0n) is 8.60. The smallest absolute Gasteiger partial charge is 0.162 e. The lowest BCUT2D eigenvalue weighted by Gasteiger charge is -2.15. The molecule has 3 heterocycles. The average molecular weight is 218 g/mol. The Morgan fingerprint density at radius 1 is 1.50 bits per heavy atom. The number of ether oxygens (including phenoxy) is 1. The van der Waals surface area contributed by atoms with Crippen LogP contribution < -0.4 is 16.1 Å². The summed E-state index contributed by atoms with van der Waals surface area (Å²) in [6, 6.07) is 3.81. The number of pyridine rings is 1. The average Bonchev–Trinajstić information content (AvgIpc) is 2.68. The molecular formula is C10H10N4O2. The Labute approximate surface area is 91.2 Å². The zero-order valence-corrected chi connectivity index (χ0v) is 8.60. The topological polar surface area (TPSA) is 74.3 Å². The summed E-state index contributed by atoms with van der Waals surface area (Å²) in [4.78, 5) is 9.26. The molecule has 6 heteroatoms. The van der Waals surface area contributed by atoms with Crippen molar-refractivity contribution in [3.8, 4) is 5.75 Å². The molecule has 0 bridgehead atoms. The van der Waals surface area contributed by atoms with Gasteiger partial charge >= 0.3 is 0 Å². The number of nitrogens with zero attached hydrogens (tertiary/aromatic N) is 2. The van der Waals surface area contributed by atoms with Gasteiger partial charge < -0.3 is 15.3 Å². The lowest BCUT2D eigenvalue weighted by Crippen LogP contribution is -2.22. The number of fused-ring (bicyclic) bond motifs is 3. The molecule has 1 aliphatic heterocycles. The number of hydrogen-bond acceptors (Lipinski definition) is 5. The Balaban J connectivity index is 2.28. The van der Waals surface area contributed by atoms with Crippen LogP contribution in [0.4, 0.5) is 0 Å². The molecule has 0 unspecified atom stereocenters. The molecule has 82 valence electrons. The first-order valence-corrected chi connectivity index (χ1v) is 4.73. The number of rotatable bonds is 1. The van der Waals surface area contributed by atoms with E-state index in [9.17, 15) is 0 Å². The third-order valence-corrected chi connectivity index (χ3v) is 2.48. The van der Waals surface area contributed by atoms with Gasteiger partial charge in [0.15, 0.2) is 5.65 Å². The van der Waals surface area contributed by atoms with Crippen LogP contribution in [0.15, 0.2) is 24.6 Å². The molecule has 1 aliphatic rings. The fourth-order valence-corrected chi connectivity index (χ4v) is 1.69. The Kier molecular flexibility index (Phi) is 1.70. The van der Waals surface area contributed by atoms with Gasteiger partial charge in [0, 0.05) is 5.39 Å². The second kappa shape index (κ2) is 3.06. The summed E-state index contributed by atoms with van der Waals surface area (Å²) >= 11 is 0. The van der Waals surface area contributed by atoms with Gasteiger partial charge in [0.05, 0.1) is 24.7 Å². The largest absolute Gasteiger partial charge is 0.495 e. The summed E-state index contributed by atoms with van der Waals surface area (Å²) < 4.78 is 6.80. The van der Waals surface area contributed by atoms with Gasteiger partial charge in [0.25, 0.3) is 0 Å². The fraction of sp³-hybridized carbons (Fsp3) is 0.100. The van der Waals surface area contributed by atoms with E-state index in [0.717, 1.165) is 16.7 Å². The van der Waals surface area contributed by atoms with E-state index in [1.807, 2.05) is 12.1 Å². The van der Waals surface area contributed by atoms with E-state index in [2.05, 4.69) is 10.6 Å². The molecule has 0 aliphatic carbocycles. The van der Waals surface area contributed by atoms with Crippen molar-refractivity contribution in [3.63, 3.8) is 0 Å². The second-order valence-corrected chi connectivity index (χ2v) is 3.44. The van der Waals surface area contributed by atoms with Crippen LogP contribution in [-0.4, -0.2) is 16.8 Å². The minimum atomic E-state index is 0.552. The summed E-state index contributed by atoms with van der Waals surface area (Å²) in [7, 11) is 1.61. The summed E-state index contributed by atoms with van der Waals surface area (Å²) in [5.74, 6) is 0.707. The molecule has 0 radical (unpaired) electrons. The summed E-state index contributed by atoms with van der Waals surface area (Å²) in [6.07, 6.45) is 3.09. The first-order valence-electron chi connectivity index (χ1n) is 4.73. The fourth-order valence-electron chi connectivity index (χ4n) is 1.69. The first-order chi connectivity index (χ1) is 7.79. The molecule has 0 fully saturated rings. The van der Waals surface area contributed by atoms with Crippen molar-refractivity contribution >= 4 is 16.7 Å². The van der Waals surface area contributed by atoms with E-state index < -0.39 is 0 Å². The third-order valence-electron chi connectivity index (χ3n) is 2.48. The Morgan fingerprint density at radius 2 is 2.38 bits per heavy atom. The van der Waals surface area contributed by atoms with Gasteiger partial charge in [-0.25, -0.2) is 9.66 Å². The molecule has 16 heavy (non-hydrogen) atoms. The van der Waals surface area contributed by atoms with Crippen LogP contribution in [-0.2, 0) is 4.84 Å². The molecule has 0 atom stereocenters. The van der Waals surface area contributed by atoms with E-state index in [0.29, 0.717) is 11.4 Å². The van der Waals surface area contributed by atoms with Crippen molar-refractivity contribution in [3.05, 3.63) is 30.3 Å². The number of nitrogens with one attached hydrogen (secondary N) is 1. The molecule has 3 N–H and O–H groups in total. The highest BCUT2D eigenvalue weighted by molar-refractivity contribution is 5.83. The minimum Gasteiger partial charge on any atom is -0.495 e. The quantitative estimate of drug-likeness (QED) is 0.740. The number of methoxy groups -OCH3 is 1. The van der Waals surface area contributed by atoms with Gasteiger partial charge in [-0.3, -0.25) is 0 Å². The Morgan fingerprint density at radius 3 is 3.19 bits per heavy atom. The normalized spacial score (nSPS) is 13.7. The predicted octanol–water partition coefficient (Wildman–Crippen LogP) is 0.791.